The molecule has 124 valence electrons. The van der Waals surface area contributed by atoms with Crippen molar-refractivity contribution in [3.8, 4) is 11.6 Å². The van der Waals surface area contributed by atoms with Crippen LogP contribution in [0.1, 0.15) is 33.1 Å². The molecule has 2 heterocycles. The first-order chi connectivity index (χ1) is 11.5. The number of aliphatic hydroxyl groups is 1. The van der Waals surface area contributed by atoms with Gasteiger partial charge in [-0.15, -0.1) is 10.2 Å². The summed E-state index contributed by atoms with van der Waals surface area (Å²) in [6.07, 6.45) is 0.301. The molecule has 0 amide bonds. The molecule has 0 fully saturated rings. The summed E-state index contributed by atoms with van der Waals surface area (Å²) >= 11 is 3.39. The van der Waals surface area contributed by atoms with E-state index in [-0.39, 0.29) is 12.4 Å². The quantitative estimate of drug-likeness (QED) is 0.653. The molecule has 0 aliphatic heterocycles. The van der Waals surface area contributed by atoms with E-state index in [1.165, 1.54) is 0 Å². The summed E-state index contributed by atoms with van der Waals surface area (Å²) in [5, 5.41) is 16.8. The molecule has 0 spiro atoms. The molecular weight excluding hydrogens is 374 g/mol. The van der Waals surface area contributed by atoms with Crippen LogP contribution in [0.25, 0.3) is 11.6 Å². The molecule has 2 aromatic heterocycles. The van der Waals surface area contributed by atoms with Gasteiger partial charge in [-0.3, -0.25) is 4.79 Å². The van der Waals surface area contributed by atoms with Crippen LogP contribution >= 0.6 is 15.9 Å². The van der Waals surface area contributed by atoms with E-state index in [1.54, 1.807) is 12.1 Å². The number of aromatic nitrogens is 3. The van der Waals surface area contributed by atoms with Gasteiger partial charge in [-0.05, 0) is 31.5 Å². The number of H-pyrrole nitrogens is 1. The van der Waals surface area contributed by atoms with Crippen molar-refractivity contribution in [1.82, 2.24) is 15.2 Å². The Hall–Kier alpha value is -2.25. The molecule has 0 bridgehead atoms. The summed E-state index contributed by atoms with van der Waals surface area (Å²) < 4.78 is 6.38. The van der Waals surface area contributed by atoms with Gasteiger partial charge in [0.2, 0.25) is 5.89 Å². The average molecular weight is 390 g/mol. The highest BCUT2D eigenvalue weighted by atomic mass is 79.9. The highest BCUT2D eigenvalue weighted by Crippen LogP contribution is 2.29. The van der Waals surface area contributed by atoms with Crippen LogP contribution in [-0.2, 0) is 6.42 Å². The molecule has 7 heteroatoms. The van der Waals surface area contributed by atoms with Crippen LogP contribution in [0.5, 0.6) is 0 Å². The summed E-state index contributed by atoms with van der Waals surface area (Å²) in [6, 6.07) is 7.28. The number of halogens is 1. The van der Waals surface area contributed by atoms with Crippen molar-refractivity contribution in [3.05, 3.63) is 57.0 Å². The predicted octanol–water partition coefficient (Wildman–Crippen LogP) is 3.21. The maximum absolute atomic E-state index is 12.9. The van der Waals surface area contributed by atoms with Crippen molar-refractivity contribution < 1.29 is 14.3 Å². The number of ketones is 1. The fourth-order valence-electron chi connectivity index (χ4n) is 2.63. The van der Waals surface area contributed by atoms with Gasteiger partial charge in [-0.1, -0.05) is 28.1 Å². The topological polar surface area (TPSA) is 92.0 Å². The zero-order valence-electron chi connectivity index (χ0n) is 13.3. The number of aromatic amines is 1. The van der Waals surface area contributed by atoms with Crippen molar-refractivity contribution in [2.75, 3.05) is 6.61 Å². The van der Waals surface area contributed by atoms with E-state index in [0.29, 0.717) is 35.0 Å². The zero-order chi connectivity index (χ0) is 17.3. The molecule has 0 radical (unpaired) electrons. The van der Waals surface area contributed by atoms with Crippen LogP contribution in [0, 0.1) is 13.8 Å². The average Bonchev–Trinajstić information content (AvgIpc) is 3.12. The summed E-state index contributed by atoms with van der Waals surface area (Å²) in [5.74, 6) is 0.607. The van der Waals surface area contributed by atoms with Crippen molar-refractivity contribution in [3.63, 3.8) is 0 Å². The van der Waals surface area contributed by atoms with Gasteiger partial charge < -0.3 is 14.5 Å². The van der Waals surface area contributed by atoms with Crippen molar-refractivity contribution in [2.24, 2.45) is 0 Å². The van der Waals surface area contributed by atoms with E-state index in [2.05, 4.69) is 31.1 Å². The lowest BCUT2D eigenvalue weighted by Crippen LogP contribution is -2.03. The number of rotatable bonds is 5. The van der Waals surface area contributed by atoms with Crippen molar-refractivity contribution >= 4 is 21.7 Å². The maximum atomic E-state index is 12.9. The first-order valence-electron chi connectivity index (χ1n) is 7.44. The Balaban J connectivity index is 2.01. The smallest absolute Gasteiger partial charge is 0.264 e. The summed E-state index contributed by atoms with van der Waals surface area (Å²) in [5.41, 5.74) is 3.34. The Morgan fingerprint density at radius 1 is 1.33 bits per heavy atom. The minimum atomic E-state index is -0.0658. The lowest BCUT2D eigenvalue weighted by molar-refractivity contribution is 0.103. The van der Waals surface area contributed by atoms with Gasteiger partial charge in [-0.25, -0.2) is 0 Å². The van der Waals surface area contributed by atoms with E-state index >= 15 is 0 Å². The van der Waals surface area contributed by atoms with Gasteiger partial charge in [0.1, 0.15) is 5.69 Å². The number of benzene rings is 1. The number of hydrogen-bond acceptors (Lipinski definition) is 5. The van der Waals surface area contributed by atoms with Crippen LogP contribution in [0.3, 0.4) is 0 Å². The van der Waals surface area contributed by atoms with E-state index in [0.717, 1.165) is 15.7 Å². The molecular formula is C17H16BrN3O3. The van der Waals surface area contributed by atoms with Crippen LogP contribution in [-0.4, -0.2) is 32.7 Å². The minimum absolute atomic E-state index is 0.0585. The zero-order valence-corrected chi connectivity index (χ0v) is 14.8. The number of aryl methyl sites for hydroxylation is 1. The van der Waals surface area contributed by atoms with Crippen LogP contribution in [0.2, 0.25) is 0 Å². The highest BCUT2D eigenvalue weighted by Gasteiger charge is 2.23. The SMILES string of the molecule is Cc1[nH]c(-c2nnc(CCO)o2)c(C)c1C(=O)c1cccc(Br)c1. The second-order valence-electron chi connectivity index (χ2n) is 5.44. The lowest BCUT2D eigenvalue weighted by Gasteiger charge is -2.03. The molecule has 6 nitrogen and oxygen atoms in total. The second-order valence-corrected chi connectivity index (χ2v) is 6.35. The summed E-state index contributed by atoms with van der Waals surface area (Å²) in [6.45, 7) is 3.63. The standard InChI is InChI=1S/C17H16BrN3O3/c1-9-14(16(23)11-4-3-5-12(18)8-11)10(2)19-15(9)17-21-20-13(24-17)6-7-22/h3-5,8,19,22H,6-7H2,1-2H3. The maximum Gasteiger partial charge on any atom is 0.264 e. The molecule has 0 unspecified atom stereocenters. The predicted molar refractivity (Wildman–Crippen MR) is 91.9 cm³/mol. The number of aliphatic hydroxyl groups excluding tert-OH is 1. The molecule has 0 aliphatic carbocycles. The van der Waals surface area contributed by atoms with E-state index in [9.17, 15) is 4.79 Å². The Morgan fingerprint density at radius 2 is 2.12 bits per heavy atom. The Kier molecular flexibility index (Phi) is 4.64. The molecule has 0 aliphatic rings. The molecule has 1 aromatic carbocycles. The summed E-state index contributed by atoms with van der Waals surface area (Å²) in [7, 11) is 0. The van der Waals surface area contributed by atoms with Gasteiger partial charge in [0.15, 0.2) is 5.78 Å². The van der Waals surface area contributed by atoms with Crippen LogP contribution < -0.4 is 0 Å². The van der Waals surface area contributed by atoms with Gasteiger partial charge >= 0.3 is 0 Å². The molecule has 3 aromatic rings. The number of nitrogens with zero attached hydrogens (tertiary/aromatic N) is 2. The Morgan fingerprint density at radius 3 is 2.83 bits per heavy atom. The lowest BCUT2D eigenvalue weighted by atomic mass is 10.00. The minimum Gasteiger partial charge on any atom is -0.419 e. The van der Waals surface area contributed by atoms with E-state index in [4.69, 9.17) is 9.52 Å². The molecule has 0 atom stereocenters. The number of carbonyl (C=O) groups excluding carboxylic acids is 1. The van der Waals surface area contributed by atoms with E-state index < -0.39 is 0 Å². The van der Waals surface area contributed by atoms with Gasteiger partial charge in [0.05, 0.1) is 6.61 Å². The molecule has 2 N–H and O–H groups in total. The third-order valence-electron chi connectivity index (χ3n) is 3.76. The Bertz CT molecular complexity index is 898. The largest absolute Gasteiger partial charge is 0.419 e. The summed E-state index contributed by atoms with van der Waals surface area (Å²) in [4.78, 5) is 16.0. The normalized spacial score (nSPS) is 11.0. The fourth-order valence-corrected chi connectivity index (χ4v) is 3.03. The van der Waals surface area contributed by atoms with Gasteiger partial charge in [0, 0.05) is 27.7 Å². The van der Waals surface area contributed by atoms with Crippen LogP contribution in [0.15, 0.2) is 33.2 Å². The van der Waals surface area contributed by atoms with Crippen molar-refractivity contribution in [1.29, 1.82) is 0 Å². The van der Waals surface area contributed by atoms with Crippen LogP contribution in [0.4, 0.5) is 0 Å². The number of nitrogens with one attached hydrogen (secondary N) is 1. The molecule has 3 rings (SSSR count). The van der Waals surface area contributed by atoms with Crippen molar-refractivity contribution in [2.45, 2.75) is 20.3 Å². The molecule has 0 saturated carbocycles. The third kappa shape index (κ3) is 3.05. The van der Waals surface area contributed by atoms with E-state index in [1.807, 2.05) is 26.0 Å². The molecule has 0 saturated heterocycles. The fraction of sp³-hybridized carbons (Fsp3) is 0.235. The number of hydrogen-bond donors (Lipinski definition) is 2. The second kappa shape index (κ2) is 6.70. The molecule has 24 heavy (non-hydrogen) atoms. The van der Waals surface area contributed by atoms with Gasteiger partial charge in [0.25, 0.3) is 5.89 Å². The number of carbonyl (C=O) groups is 1. The monoisotopic (exact) mass is 389 g/mol. The highest BCUT2D eigenvalue weighted by molar-refractivity contribution is 9.10. The van der Waals surface area contributed by atoms with Gasteiger partial charge in [-0.2, -0.15) is 0 Å². The first kappa shape index (κ1) is 16.6. The third-order valence-corrected chi connectivity index (χ3v) is 4.25. The first-order valence-corrected chi connectivity index (χ1v) is 8.23. The Labute approximate surface area is 147 Å².